The number of fused-ring (bicyclic) bond motifs is 1. The Morgan fingerprint density at radius 3 is 2.38 bits per heavy atom. The van der Waals surface area contributed by atoms with Crippen LogP contribution in [0.3, 0.4) is 0 Å². The van der Waals surface area contributed by atoms with Crippen molar-refractivity contribution in [1.29, 1.82) is 0 Å². The summed E-state index contributed by atoms with van der Waals surface area (Å²) < 4.78 is 10.9. The van der Waals surface area contributed by atoms with Gasteiger partial charge >= 0.3 is 0 Å². The first-order chi connectivity index (χ1) is 17.7. The molecule has 194 valence electrons. The monoisotopic (exact) mass is 520 g/mol. The Kier molecular flexibility index (Phi) is 8.39. The van der Waals surface area contributed by atoms with Crippen molar-refractivity contribution < 1.29 is 19.1 Å². The van der Waals surface area contributed by atoms with Crippen molar-refractivity contribution in [3.63, 3.8) is 0 Å². The average Bonchev–Trinajstić information content (AvgIpc) is 3.32. The fourth-order valence-corrected chi connectivity index (χ4v) is 4.54. The van der Waals surface area contributed by atoms with Gasteiger partial charge in [0, 0.05) is 29.9 Å². The summed E-state index contributed by atoms with van der Waals surface area (Å²) in [6.45, 7) is 6.29. The largest absolute Gasteiger partial charge is 0.454 e. The number of benzene rings is 3. The molecular weight excluding hydrogens is 488 g/mol. The molecule has 7 heteroatoms. The van der Waals surface area contributed by atoms with Crippen molar-refractivity contribution in [2.75, 3.05) is 6.79 Å². The van der Waals surface area contributed by atoms with Crippen LogP contribution in [0.2, 0.25) is 5.02 Å². The van der Waals surface area contributed by atoms with E-state index in [1.165, 1.54) is 0 Å². The first-order valence-electron chi connectivity index (χ1n) is 12.5. The number of aryl methyl sites for hydroxylation is 1. The zero-order valence-electron chi connectivity index (χ0n) is 21.5. The second kappa shape index (κ2) is 11.7. The number of nitrogens with zero attached hydrogens (tertiary/aromatic N) is 1. The lowest BCUT2D eigenvalue weighted by Gasteiger charge is -2.34. The molecular formula is C30H33ClN2O4. The maximum absolute atomic E-state index is 13.8. The molecule has 0 saturated carbocycles. The molecule has 1 N–H and O–H groups in total. The molecule has 0 unspecified atom stereocenters. The predicted octanol–water partition coefficient (Wildman–Crippen LogP) is 5.56. The molecule has 3 aromatic carbocycles. The lowest BCUT2D eigenvalue weighted by molar-refractivity contribution is -0.141. The van der Waals surface area contributed by atoms with Crippen molar-refractivity contribution >= 4 is 23.4 Å². The molecule has 0 radical (unpaired) electrons. The van der Waals surface area contributed by atoms with Crippen molar-refractivity contribution in [3.8, 4) is 11.5 Å². The Morgan fingerprint density at radius 1 is 0.919 bits per heavy atom. The topological polar surface area (TPSA) is 67.9 Å². The zero-order chi connectivity index (χ0) is 26.4. The maximum atomic E-state index is 13.8. The van der Waals surface area contributed by atoms with Gasteiger partial charge in [0.2, 0.25) is 18.6 Å². The number of rotatable bonds is 9. The Hall–Kier alpha value is -3.51. The van der Waals surface area contributed by atoms with Crippen LogP contribution in [-0.2, 0) is 29.0 Å². The van der Waals surface area contributed by atoms with E-state index in [1.807, 2.05) is 87.5 Å². The summed E-state index contributed by atoms with van der Waals surface area (Å²) in [5, 5.41) is 3.67. The van der Waals surface area contributed by atoms with Gasteiger partial charge in [0.05, 0.1) is 0 Å². The third-order valence-corrected chi connectivity index (χ3v) is 6.31. The minimum atomic E-state index is -0.690. The van der Waals surface area contributed by atoms with Crippen LogP contribution in [0.1, 0.15) is 43.9 Å². The van der Waals surface area contributed by atoms with Gasteiger partial charge in [-0.1, -0.05) is 60.1 Å². The van der Waals surface area contributed by atoms with Crippen LogP contribution < -0.4 is 14.8 Å². The Labute approximate surface area is 223 Å². The molecule has 6 nitrogen and oxygen atoms in total. The minimum Gasteiger partial charge on any atom is -0.454 e. The molecule has 1 heterocycles. The Morgan fingerprint density at radius 2 is 1.65 bits per heavy atom. The van der Waals surface area contributed by atoms with E-state index in [-0.39, 0.29) is 31.6 Å². The normalized spacial score (nSPS) is 13.2. The first kappa shape index (κ1) is 26.6. The molecule has 1 atom stereocenters. The van der Waals surface area contributed by atoms with Crippen LogP contribution in [0.15, 0.2) is 72.8 Å². The third-order valence-electron chi connectivity index (χ3n) is 6.08. The van der Waals surface area contributed by atoms with Crippen LogP contribution in [0.5, 0.6) is 11.5 Å². The van der Waals surface area contributed by atoms with Gasteiger partial charge in [0.15, 0.2) is 11.5 Å². The van der Waals surface area contributed by atoms with Gasteiger partial charge in [-0.2, -0.15) is 0 Å². The highest BCUT2D eigenvalue weighted by Crippen LogP contribution is 2.33. The molecule has 1 aliphatic heterocycles. The summed E-state index contributed by atoms with van der Waals surface area (Å²) in [7, 11) is 0. The summed E-state index contributed by atoms with van der Waals surface area (Å²) in [6.07, 6.45) is 1.16. The van der Waals surface area contributed by atoms with Crippen LogP contribution in [0, 0.1) is 0 Å². The van der Waals surface area contributed by atoms with E-state index in [2.05, 4.69) is 5.32 Å². The second-order valence-electron chi connectivity index (χ2n) is 10.3. The van der Waals surface area contributed by atoms with Gasteiger partial charge < -0.3 is 19.7 Å². The van der Waals surface area contributed by atoms with Crippen molar-refractivity contribution in [1.82, 2.24) is 10.2 Å². The van der Waals surface area contributed by atoms with Crippen LogP contribution in [0.25, 0.3) is 0 Å². The number of nitrogens with one attached hydrogen (secondary N) is 1. The molecule has 2 amide bonds. The van der Waals surface area contributed by atoms with Gasteiger partial charge in [0.1, 0.15) is 6.04 Å². The summed E-state index contributed by atoms with van der Waals surface area (Å²) in [4.78, 5) is 29.1. The molecule has 0 bridgehead atoms. The smallest absolute Gasteiger partial charge is 0.243 e. The van der Waals surface area contributed by atoms with Crippen molar-refractivity contribution in [2.45, 2.75) is 58.2 Å². The van der Waals surface area contributed by atoms with E-state index in [9.17, 15) is 9.59 Å². The number of carbonyl (C=O) groups is 2. The number of halogens is 1. The van der Waals surface area contributed by atoms with E-state index >= 15 is 0 Å². The van der Waals surface area contributed by atoms with Gasteiger partial charge in [0.25, 0.3) is 0 Å². The van der Waals surface area contributed by atoms with E-state index in [4.69, 9.17) is 21.1 Å². The second-order valence-corrected chi connectivity index (χ2v) is 10.7. The number of carbonyl (C=O) groups excluding carboxylic acids is 2. The molecule has 0 aromatic heterocycles. The molecule has 4 rings (SSSR count). The van der Waals surface area contributed by atoms with E-state index in [0.717, 1.165) is 16.7 Å². The summed E-state index contributed by atoms with van der Waals surface area (Å²) in [6, 6.07) is 22.2. The number of amides is 2. The van der Waals surface area contributed by atoms with Crippen LogP contribution in [0.4, 0.5) is 0 Å². The summed E-state index contributed by atoms with van der Waals surface area (Å²) in [5.41, 5.74) is 2.38. The average molecular weight is 521 g/mol. The molecule has 0 fully saturated rings. The highest BCUT2D eigenvalue weighted by Gasteiger charge is 2.32. The lowest BCUT2D eigenvalue weighted by atomic mass is 9.99. The lowest BCUT2D eigenvalue weighted by Crippen LogP contribution is -2.54. The number of hydrogen-bond donors (Lipinski definition) is 1. The Bertz CT molecular complexity index is 1240. The maximum Gasteiger partial charge on any atom is 0.243 e. The molecule has 0 spiro atoms. The first-order valence-corrected chi connectivity index (χ1v) is 12.8. The standard InChI is InChI=1S/C30H33ClN2O4/c1-30(2,3)32-29(35)25(17-21-8-5-4-6-9-21)33(19-23-10-7-11-24(31)16-23)28(34)15-13-22-12-14-26-27(18-22)37-20-36-26/h4-12,14,16,18,25H,13,15,17,19-20H2,1-3H3,(H,32,35)/t25-/m1/s1. The Balaban J connectivity index is 1.61. The van der Waals surface area contributed by atoms with Crippen LogP contribution >= 0.6 is 11.6 Å². The molecule has 3 aromatic rings. The molecule has 1 aliphatic rings. The highest BCUT2D eigenvalue weighted by molar-refractivity contribution is 6.30. The molecule has 37 heavy (non-hydrogen) atoms. The highest BCUT2D eigenvalue weighted by atomic mass is 35.5. The SMILES string of the molecule is CC(C)(C)NC(=O)[C@@H](Cc1ccccc1)N(Cc1cccc(Cl)c1)C(=O)CCc1ccc2c(c1)OCO2. The third kappa shape index (κ3) is 7.49. The van der Waals surface area contributed by atoms with Gasteiger partial charge in [-0.25, -0.2) is 0 Å². The molecule has 0 aliphatic carbocycles. The summed E-state index contributed by atoms with van der Waals surface area (Å²) >= 11 is 6.25. The van der Waals surface area contributed by atoms with Gasteiger partial charge in [-0.15, -0.1) is 0 Å². The van der Waals surface area contributed by atoms with Gasteiger partial charge in [-0.05, 0) is 68.1 Å². The van der Waals surface area contributed by atoms with Crippen LogP contribution in [-0.4, -0.2) is 35.1 Å². The van der Waals surface area contributed by atoms with E-state index < -0.39 is 11.6 Å². The van der Waals surface area contributed by atoms with Crippen molar-refractivity contribution in [2.24, 2.45) is 0 Å². The minimum absolute atomic E-state index is 0.109. The fraction of sp³-hybridized carbons (Fsp3) is 0.333. The summed E-state index contributed by atoms with van der Waals surface area (Å²) in [5.74, 6) is 1.10. The predicted molar refractivity (Wildman–Crippen MR) is 145 cm³/mol. The zero-order valence-corrected chi connectivity index (χ0v) is 22.3. The van der Waals surface area contributed by atoms with E-state index in [1.54, 1.807) is 11.0 Å². The fourth-order valence-electron chi connectivity index (χ4n) is 4.33. The molecule has 0 saturated heterocycles. The van der Waals surface area contributed by atoms with E-state index in [0.29, 0.717) is 29.4 Å². The number of ether oxygens (including phenoxy) is 2. The van der Waals surface area contributed by atoms with Gasteiger partial charge in [-0.3, -0.25) is 9.59 Å². The quantitative estimate of drug-likeness (QED) is 0.401. The van der Waals surface area contributed by atoms with Crippen molar-refractivity contribution in [3.05, 3.63) is 94.5 Å². The number of hydrogen-bond acceptors (Lipinski definition) is 4.